The molecule has 0 saturated heterocycles. The molecule has 3 heterocycles. The van der Waals surface area contributed by atoms with Crippen LogP contribution in [0.2, 0.25) is 0 Å². The van der Waals surface area contributed by atoms with Crippen LogP contribution in [0.4, 0.5) is 11.4 Å². The molecule has 1 aliphatic rings. The van der Waals surface area contributed by atoms with Crippen LogP contribution in [0.15, 0.2) is 145 Å². The summed E-state index contributed by atoms with van der Waals surface area (Å²) >= 11 is 0. The molecule has 0 bridgehead atoms. The largest absolute Gasteiger partial charge is 0.457 e. The van der Waals surface area contributed by atoms with Crippen LogP contribution in [0.1, 0.15) is 73.4 Å². The third-order valence-electron chi connectivity index (χ3n) is 10.7. The van der Waals surface area contributed by atoms with Gasteiger partial charge in [0.25, 0.3) is 0 Å². The maximum atomic E-state index is 6.91. The van der Waals surface area contributed by atoms with E-state index in [1.807, 2.05) is 6.20 Å². The zero-order valence-electron chi connectivity index (χ0n) is 33.7. The summed E-state index contributed by atoms with van der Waals surface area (Å²) in [5.74, 6) is 2.46. The highest BCUT2D eigenvalue weighted by Crippen LogP contribution is 2.43. The van der Waals surface area contributed by atoms with Crippen molar-refractivity contribution in [3.8, 4) is 28.4 Å². The molecule has 278 valence electrons. The van der Waals surface area contributed by atoms with E-state index in [-0.39, 0.29) is 16.2 Å². The number of allylic oxidation sites excluding steroid dienone is 1. The zero-order valence-corrected chi connectivity index (χ0v) is 33.7. The van der Waals surface area contributed by atoms with Gasteiger partial charge in [0.2, 0.25) is 0 Å². The first kappa shape index (κ1) is 36.2. The Morgan fingerprint density at radius 2 is 1.24 bits per heavy atom. The molecular formula is C50H52N4O. The molecule has 0 spiro atoms. The minimum absolute atomic E-state index is 0.00290. The number of hydrogen-bond donors (Lipinski definition) is 0. The van der Waals surface area contributed by atoms with Crippen LogP contribution >= 0.6 is 0 Å². The summed E-state index contributed by atoms with van der Waals surface area (Å²) in [5.41, 5.74) is 10.5. The van der Waals surface area contributed by atoms with Crippen LogP contribution in [-0.4, -0.2) is 16.2 Å². The number of ether oxygens (including phenoxy) is 1. The predicted octanol–water partition coefficient (Wildman–Crippen LogP) is 13.4. The summed E-state index contributed by atoms with van der Waals surface area (Å²) in [6.45, 7) is 21.1. The van der Waals surface area contributed by atoms with Crippen LogP contribution in [0.25, 0.3) is 38.8 Å². The lowest BCUT2D eigenvalue weighted by Gasteiger charge is -2.31. The van der Waals surface area contributed by atoms with Gasteiger partial charge < -0.3 is 14.5 Å². The molecule has 0 unspecified atom stereocenters. The molecule has 0 atom stereocenters. The number of anilines is 2. The molecule has 0 amide bonds. The second-order valence-electron chi connectivity index (χ2n) is 18.0. The standard InChI is InChI=1S/C50H52N4O/c1-48(2,3)36-18-15-19-38(28-36)52-32-46(50(7,8)9)53(33-52)39-26-35(34-16-11-10-12-17-34)27-41(30-39)55-40-22-23-43-42-20-13-14-21-44(42)54(45(43)31-40)47-29-37(24-25-51-47)49(4,5)6/h10-32H,33H2,1-9H3. The highest BCUT2D eigenvalue weighted by atomic mass is 16.5. The fourth-order valence-electron chi connectivity index (χ4n) is 7.61. The molecule has 2 aromatic heterocycles. The number of fused-ring (bicyclic) bond motifs is 3. The van der Waals surface area contributed by atoms with Crippen molar-refractivity contribution in [1.82, 2.24) is 9.55 Å². The van der Waals surface area contributed by atoms with Gasteiger partial charge in [-0.3, -0.25) is 4.57 Å². The molecule has 7 aromatic rings. The minimum atomic E-state index is -0.100. The predicted molar refractivity (Wildman–Crippen MR) is 232 cm³/mol. The van der Waals surface area contributed by atoms with Gasteiger partial charge >= 0.3 is 0 Å². The fourth-order valence-corrected chi connectivity index (χ4v) is 7.61. The van der Waals surface area contributed by atoms with E-state index < -0.39 is 0 Å². The first-order valence-electron chi connectivity index (χ1n) is 19.4. The third kappa shape index (κ3) is 7.12. The minimum Gasteiger partial charge on any atom is -0.457 e. The molecular weight excluding hydrogens is 673 g/mol. The molecule has 5 nitrogen and oxygen atoms in total. The SMILES string of the molecule is CC(C)(C)C1=CN(c2cccc(C(C)(C)C)c2)CN1c1cc(Oc2ccc3c4ccccc4n(-c4cc(C(C)(C)C)ccn4)c3c2)cc(-c2ccccc2)c1. The summed E-state index contributed by atoms with van der Waals surface area (Å²) in [7, 11) is 0. The smallest absolute Gasteiger partial charge is 0.137 e. The summed E-state index contributed by atoms with van der Waals surface area (Å²) in [4.78, 5) is 9.71. The van der Waals surface area contributed by atoms with Crippen molar-refractivity contribution in [3.05, 3.63) is 157 Å². The molecule has 5 heteroatoms. The van der Waals surface area contributed by atoms with E-state index in [1.165, 1.54) is 27.9 Å². The number of rotatable bonds is 6. The Labute approximate surface area is 326 Å². The summed E-state index contributed by atoms with van der Waals surface area (Å²) in [5, 5.41) is 2.35. The van der Waals surface area contributed by atoms with E-state index >= 15 is 0 Å². The molecule has 55 heavy (non-hydrogen) atoms. The first-order chi connectivity index (χ1) is 26.1. The van der Waals surface area contributed by atoms with Crippen molar-refractivity contribution in [1.29, 1.82) is 0 Å². The number of pyridine rings is 1. The lowest BCUT2D eigenvalue weighted by molar-refractivity contribution is 0.481. The Balaban J connectivity index is 1.23. The van der Waals surface area contributed by atoms with Crippen LogP contribution in [-0.2, 0) is 10.8 Å². The summed E-state index contributed by atoms with van der Waals surface area (Å²) < 4.78 is 9.18. The number of nitrogens with zero attached hydrogens (tertiary/aromatic N) is 4. The molecule has 0 saturated carbocycles. The Hall–Kier alpha value is -5.81. The van der Waals surface area contributed by atoms with Gasteiger partial charge in [0, 0.05) is 57.8 Å². The number of para-hydroxylation sites is 1. The summed E-state index contributed by atoms with van der Waals surface area (Å²) in [6, 6.07) is 45.5. The van der Waals surface area contributed by atoms with Crippen molar-refractivity contribution in [3.63, 3.8) is 0 Å². The van der Waals surface area contributed by atoms with Crippen molar-refractivity contribution in [2.24, 2.45) is 5.41 Å². The van der Waals surface area contributed by atoms with Gasteiger partial charge in [-0.05, 0) is 87.7 Å². The third-order valence-corrected chi connectivity index (χ3v) is 10.7. The number of aromatic nitrogens is 2. The van der Waals surface area contributed by atoms with E-state index in [1.54, 1.807) is 0 Å². The van der Waals surface area contributed by atoms with E-state index in [4.69, 9.17) is 9.72 Å². The second-order valence-corrected chi connectivity index (χ2v) is 18.0. The van der Waals surface area contributed by atoms with E-state index in [0.717, 1.165) is 50.6 Å². The molecule has 0 fully saturated rings. The Kier molecular flexibility index (Phi) is 8.87. The lowest BCUT2D eigenvalue weighted by Crippen LogP contribution is -2.30. The number of hydrogen-bond acceptors (Lipinski definition) is 4. The van der Waals surface area contributed by atoms with Gasteiger partial charge in [0.15, 0.2) is 0 Å². The van der Waals surface area contributed by atoms with Crippen LogP contribution in [0.5, 0.6) is 11.5 Å². The Morgan fingerprint density at radius 3 is 1.98 bits per heavy atom. The topological polar surface area (TPSA) is 33.5 Å². The average molecular weight is 725 g/mol. The normalized spacial score (nSPS) is 13.9. The molecule has 1 aliphatic heterocycles. The Morgan fingerprint density at radius 1 is 0.527 bits per heavy atom. The molecule has 5 aromatic carbocycles. The van der Waals surface area contributed by atoms with Gasteiger partial charge in [0.1, 0.15) is 17.3 Å². The monoisotopic (exact) mass is 724 g/mol. The van der Waals surface area contributed by atoms with Gasteiger partial charge in [0.05, 0.1) is 17.7 Å². The van der Waals surface area contributed by atoms with E-state index in [9.17, 15) is 0 Å². The molecule has 0 N–H and O–H groups in total. The van der Waals surface area contributed by atoms with Crippen molar-refractivity contribution < 1.29 is 4.74 Å². The Bertz CT molecular complexity index is 2560. The second kappa shape index (κ2) is 13.5. The highest BCUT2D eigenvalue weighted by Gasteiger charge is 2.32. The van der Waals surface area contributed by atoms with Crippen LogP contribution in [0.3, 0.4) is 0 Å². The fraction of sp³-hybridized carbons (Fsp3) is 0.260. The lowest BCUT2D eigenvalue weighted by atomic mass is 9.87. The van der Waals surface area contributed by atoms with Crippen LogP contribution < -0.4 is 14.5 Å². The van der Waals surface area contributed by atoms with Gasteiger partial charge in [-0.2, -0.15) is 0 Å². The van der Waals surface area contributed by atoms with Gasteiger partial charge in [-0.1, -0.05) is 123 Å². The molecule has 0 aliphatic carbocycles. The highest BCUT2D eigenvalue weighted by molar-refractivity contribution is 6.09. The quantitative estimate of drug-likeness (QED) is 0.171. The zero-order chi connectivity index (χ0) is 38.7. The molecule has 0 radical (unpaired) electrons. The number of benzene rings is 5. The van der Waals surface area contributed by atoms with Crippen molar-refractivity contribution in [2.45, 2.75) is 73.1 Å². The van der Waals surface area contributed by atoms with E-state index in [2.05, 4.69) is 210 Å². The maximum Gasteiger partial charge on any atom is 0.137 e. The summed E-state index contributed by atoms with van der Waals surface area (Å²) in [6.07, 6.45) is 4.25. The van der Waals surface area contributed by atoms with Crippen molar-refractivity contribution >= 4 is 33.2 Å². The average Bonchev–Trinajstić information content (AvgIpc) is 3.75. The van der Waals surface area contributed by atoms with Gasteiger partial charge in [-0.25, -0.2) is 4.98 Å². The van der Waals surface area contributed by atoms with Crippen molar-refractivity contribution in [2.75, 3.05) is 16.5 Å². The van der Waals surface area contributed by atoms with Gasteiger partial charge in [-0.15, -0.1) is 0 Å². The maximum absolute atomic E-state index is 6.91. The molecule has 8 rings (SSSR count). The first-order valence-corrected chi connectivity index (χ1v) is 19.4. The van der Waals surface area contributed by atoms with Crippen LogP contribution in [0, 0.1) is 5.41 Å². The van der Waals surface area contributed by atoms with E-state index in [0.29, 0.717) is 6.67 Å².